The van der Waals surface area contributed by atoms with E-state index in [-0.39, 0.29) is 11.3 Å². The van der Waals surface area contributed by atoms with E-state index in [4.69, 9.17) is 9.47 Å². The molecule has 19 heavy (non-hydrogen) atoms. The van der Waals surface area contributed by atoms with Gasteiger partial charge in [-0.1, -0.05) is 31.9 Å². The van der Waals surface area contributed by atoms with E-state index in [1.165, 1.54) is 14.0 Å². The summed E-state index contributed by atoms with van der Waals surface area (Å²) in [6.07, 6.45) is 1.54. The average molecular weight is 394 g/mol. The number of esters is 2. The van der Waals surface area contributed by atoms with Crippen LogP contribution < -0.4 is 4.74 Å². The molecule has 4 nitrogen and oxygen atoms in total. The van der Waals surface area contributed by atoms with Gasteiger partial charge in [0.1, 0.15) is 11.3 Å². The molecule has 1 aromatic carbocycles. The molecular formula is C13H14Br2O4. The Labute approximate surface area is 128 Å². The van der Waals surface area contributed by atoms with Gasteiger partial charge in [0.15, 0.2) is 0 Å². The van der Waals surface area contributed by atoms with Crippen LogP contribution in [-0.2, 0) is 16.0 Å². The molecular weight excluding hydrogens is 380 g/mol. The lowest BCUT2D eigenvalue weighted by atomic mass is 10.0. The van der Waals surface area contributed by atoms with Gasteiger partial charge in [0.25, 0.3) is 0 Å². The highest BCUT2D eigenvalue weighted by molar-refractivity contribution is 9.10. The average Bonchev–Trinajstić information content (AvgIpc) is 2.37. The molecule has 0 aliphatic carbocycles. The molecule has 0 heterocycles. The lowest BCUT2D eigenvalue weighted by Crippen LogP contribution is -2.11. The molecule has 6 heteroatoms. The molecule has 0 saturated carbocycles. The number of hydrogen-bond donors (Lipinski definition) is 0. The fraction of sp³-hybridized carbons (Fsp3) is 0.385. The summed E-state index contributed by atoms with van der Waals surface area (Å²) in [7, 11) is 1.29. The third-order valence-corrected chi connectivity index (χ3v) is 3.72. The maximum absolute atomic E-state index is 11.7. The Morgan fingerprint density at radius 1 is 1.32 bits per heavy atom. The Morgan fingerprint density at radius 3 is 2.53 bits per heavy atom. The van der Waals surface area contributed by atoms with Crippen LogP contribution in [0.5, 0.6) is 5.75 Å². The van der Waals surface area contributed by atoms with E-state index >= 15 is 0 Å². The van der Waals surface area contributed by atoms with E-state index in [2.05, 4.69) is 31.9 Å². The molecule has 0 aliphatic rings. The molecule has 0 saturated heterocycles. The molecule has 0 fully saturated rings. The summed E-state index contributed by atoms with van der Waals surface area (Å²) in [6, 6.07) is 3.33. The highest BCUT2D eigenvalue weighted by Crippen LogP contribution is 2.33. The molecule has 0 radical (unpaired) electrons. The van der Waals surface area contributed by atoms with Gasteiger partial charge < -0.3 is 9.47 Å². The molecule has 0 N–H and O–H groups in total. The summed E-state index contributed by atoms with van der Waals surface area (Å²) >= 11 is 6.77. The van der Waals surface area contributed by atoms with Crippen LogP contribution >= 0.6 is 31.9 Å². The second-order valence-corrected chi connectivity index (χ2v) is 5.43. The Balaban J connectivity index is 3.31. The fourth-order valence-electron chi connectivity index (χ4n) is 1.61. The third kappa shape index (κ3) is 4.31. The highest BCUT2D eigenvalue weighted by atomic mass is 79.9. The minimum absolute atomic E-state index is 0.255. The van der Waals surface area contributed by atoms with Crippen molar-refractivity contribution in [1.29, 1.82) is 0 Å². The van der Waals surface area contributed by atoms with Gasteiger partial charge in [0, 0.05) is 22.3 Å². The highest BCUT2D eigenvalue weighted by Gasteiger charge is 2.20. The zero-order valence-electron chi connectivity index (χ0n) is 10.7. The monoisotopic (exact) mass is 392 g/mol. The number of methoxy groups -OCH3 is 1. The number of halogens is 2. The van der Waals surface area contributed by atoms with Crippen molar-refractivity contribution in [3.05, 3.63) is 27.7 Å². The van der Waals surface area contributed by atoms with Crippen LogP contribution in [0.2, 0.25) is 0 Å². The van der Waals surface area contributed by atoms with Crippen molar-refractivity contribution in [2.75, 3.05) is 12.4 Å². The van der Waals surface area contributed by atoms with Crippen LogP contribution in [0.3, 0.4) is 0 Å². The molecule has 1 aromatic rings. The first-order valence-corrected chi connectivity index (χ1v) is 7.56. The smallest absolute Gasteiger partial charge is 0.341 e. The van der Waals surface area contributed by atoms with Crippen LogP contribution in [0, 0.1) is 0 Å². The van der Waals surface area contributed by atoms with Gasteiger partial charge in [-0.3, -0.25) is 4.79 Å². The van der Waals surface area contributed by atoms with Crippen LogP contribution in [-0.4, -0.2) is 24.4 Å². The molecule has 0 unspecified atom stereocenters. The molecule has 1 rings (SSSR count). The van der Waals surface area contributed by atoms with Crippen molar-refractivity contribution in [3.63, 3.8) is 0 Å². The quantitative estimate of drug-likeness (QED) is 0.436. The summed E-state index contributed by atoms with van der Waals surface area (Å²) in [4.78, 5) is 22.9. The van der Waals surface area contributed by atoms with Crippen molar-refractivity contribution in [3.8, 4) is 5.75 Å². The van der Waals surface area contributed by atoms with Crippen molar-refractivity contribution in [2.45, 2.75) is 19.8 Å². The first-order valence-electron chi connectivity index (χ1n) is 5.65. The topological polar surface area (TPSA) is 52.6 Å². The maximum atomic E-state index is 11.7. The van der Waals surface area contributed by atoms with Crippen molar-refractivity contribution in [2.24, 2.45) is 0 Å². The SMILES string of the molecule is COC(=O)c1ccc(Br)c(CCCBr)c1OC(C)=O. The number of carbonyl (C=O) groups excluding carboxylic acids is 2. The molecule has 104 valence electrons. The molecule has 0 bridgehead atoms. The second-order valence-electron chi connectivity index (χ2n) is 3.78. The predicted octanol–water partition coefficient (Wildman–Crippen LogP) is 3.49. The number of hydrogen-bond acceptors (Lipinski definition) is 4. The minimum atomic E-state index is -0.524. The normalized spacial score (nSPS) is 10.1. The van der Waals surface area contributed by atoms with E-state index in [1.54, 1.807) is 12.1 Å². The Hall–Kier alpha value is -0.880. The largest absolute Gasteiger partial charge is 0.465 e. The lowest BCUT2D eigenvalue weighted by molar-refractivity contribution is -0.131. The summed E-state index contributed by atoms with van der Waals surface area (Å²) in [5.41, 5.74) is 1.04. The number of carbonyl (C=O) groups is 2. The molecule has 0 amide bonds. The van der Waals surface area contributed by atoms with E-state index in [9.17, 15) is 9.59 Å². The molecule has 0 aliphatic heterocycles. The zero-order chi connectivity index (χ0) is 14.4. The summed E-state index contributed by atoms with van der Waals surface area (Å²) < 4.78 is 10.7. The van der Waals surface area contributed by atoms with Crippen molar-refractivity contribution in [1.82, 2.24) is 0 Å². The molecule has 0 spiro atoms. The van der Waals surface area contributed by atoms with Crippen LogP contribution in [0.4, 0.5) is 0 Å². The van der Waals surface area contributed by atoms with E-state index in [0.29, 0.717) is 6.42 Å². The number of alkyl halides is 1. The van der Waals surface area contributed by atoms with E-state index < -0.39 is 11.9 Å². The van der Waals surface area contributed by atoms with E-state index in [1.807, 2.05) is 0 Å². The van der Waals surface area contributed by atoms with Crippen molar-refractivity contribution >= 4 is 43.8 Å². The van der Waals surface area contributed by atoms with Gasteiger partial charge in [-0.25, -0.2) is 4.79 Å². The van der Waals surface area contributed by atoms with E-state index in [0.717, 1.165) is 21.8 Å². The number of ether oxygens (including phenoxy) is 2. The van der Waals surface area contributed by atoms with Crippen molar-refractivity contribution < 1.29 is 19.1 Å². The van der Waals surface area contributed by atoms with Gasteiger partial charge in [0.2, 0.25) is 0 Å². The standard InChI is InChI=1S/C13H14Br2O4/c1-8(16)19-12-9(4-3-7-14)11(15)6-5-10(12)13(17)18-2/h5-6H,3-4,7H2,1-2H3. The van der Waals surface area contributed by atoms with Crippen LogP contribution in [0.25, 0.3) is 0 Å². The van der Waals surface area contributed by atoms with Gasteiger partial charge >= 0.3 is 11.9 Å². The molecule has 0 atom stereocenters. The Morgan fingerprint density at radius 2 is 2.00 bits per heavy atom. The first-order chi connectivity index (χ1) is 9.01. The van der Waals surface area contributed by atoms with Crippen LogP contribution in [0.1, 0.15) is 29.3 Å². The Bertz CT molecular complexity index is 486. The summed E-state index contributed by atoms with van der Waals surface area (Å²) in [6.45, 7) is 1.30. The van der Waals surface area contributed by atoms with Gasteiger partial charge in [0.05, 0.1) is 7.11 Å². The summed E-state index contributed by atoms with van der Waals surface area (Å²) in [5.74, 6) is -0.720. The maximum Gasteiger partial charge on any atom is 0.341 e. The fourth-order valence-corrected chi connectivity index (χ4v) is 2.40. The zero-order valence-corrected chi connectivity index (χ0v) is 13.8. The van der Waals surface area contributed by atoms with Gasteiger partial charge in [-0.2, -0.15) is 0 Å². The number of benzene rings is 1. The molecule has 0 aromatic heterocycles. The Kier molecular flexibility index (Phi) is 6.51. The van der Waals surface area contributed by atoms with Crippen LogP contribution in [0.15, 0.2) is 16.6 Å². The van der Waals surface area contributed by atoms with Gasteiger partial charge in [-0.05, 0) is 25.0 Å². The minimum Gasteiger partial charge on any atom is -0.465 e. The second kappa shape index (κ2) is 7.65. The predicted molar refractivity (Wildman–Crippen MR) is 78.9 cm³/mol. The number of rotatable bonds is 5. The van der Waals surface area contributed by atoms with Gasteiger partial charge in [-0.15, -0.1) is 0 Å². The first kappa shape index (κ1) is 16.2. The summed E-state index contributed by atoms with van der Waals surface area (Å²) in [5, 5.41) is 0.821. The lowest BCUT2D eigenvalue weighted by Gasteiger charge is -2.14. The third-order valence-electron chi connectivity index (χ3n) is 2.41.